The van der Waals surface area contributed by atoms with Crippen molar-refractivity contribution >= 4 is 16.1 Å². The summed E-state index contributed by atoms with van der Waals surface area (Å²) in [5.74, 6) is -2.45. The predicted molar refractivity (Wildman–Crippen MR) is 84.8 cm³/mol. The molecule has 0 heterocycles. The lowest BCUT2D eigenvalue weighted by Gasteiger charge is -2.18. The van der Waals surface area contributed by atoms with Gasteiger partial charge in [0, 0.05) is 0 Å². The van der Waals surface area contributed by atoms with Gasteiger partial charge < -0.3 is 19.1 Å². The van der Waals surface area contributed by atoms with Gasteiger partial charge in [0.2, 0.25) is 0 Å². The van der Waals surface area contributed by atoms with Crippen LogP contribution in [-0.4, -0.2) is 48.8 Å². The van der Waals surface area contributed by atoms with Gasteiger partial charge in [-0.25, -0.2) is 13.2 Å². The van der Waals surface area contributed by atoms with Crippen LogP contribution >= 0.6 is 0 Å². The number of esters is 1. The maximum Gasteiger partial charge on any atom is 0.428 e. The minimum Gasteiger partial charge on any atom is -0.743 e. The van der Waals surface area contributed by atoms with E-state index in [0.717, 1.165) is 25.7 Å². The molecule has 0 fully saturated rings. The summed E-state index contributed by atoms with van der Waals surface area (Å²) in [7, 11) is -6.13. The van der Waals surface area contributed by atoms with Gasteiger partial charge in [0.25, 0.3) is 0 Å². The smallest absolute Gasteiger partial charge is 0.428 e. The standard InChI is InChI=1S/C15H28F2O7S/c1-2-3-4-5-6-7-8-9-10-13(18)23-11-12-24-14(19)15(16,17)25(20,21)22/h13,18H,2-12H2,1H3,(H,20,21,22)/p-1/t13-/m1/s1. The van der Waals surface area contributed by atoms with Crippen molar-refractivity contribution in [3.8, 4) is 0 Å². The summed E-state index contributed by atoms with van der Waals surface area (Å²) in [4.78, 5) is 10.8. The van der Waals surface area contributed by atoms with E-state index in [1.165, 1.54) is 25.7 Å². The van der Waals surface area contributed by atoms with Crippen molar-refractivity contribution < 1.29 is 41.1 Å². The average Bonchev–Trinajstić information content (AvgIpc) is 2.52. The summed E-state index contributed by atoms with van der Waals surface area (Å²) in [5, 5.41) is 4.38. The Morgan fingerprint density at radius 1 is 1.08 bits per heavy atom. The van der Waals surface area contributed by atoms with Crippen molar-refractivity contribution in [2.75, 3.05) is 13.2 Å². The fraction of sp³-hybridized carbons (Fsp3) is 0.933. The summed E-state index contributed by atoms with van der Waals surface area (Å²) < 4.78 is 65.0. The Balaban J connectivity index is 3.68. The molecular formula is C15H27F2O7S-. The maximum absolute atomic E-state index is 12.8. The summed E-state index contributed by atoms with van der Waals surface area (Å²) in [6.45, 7) is 1.07. The fourth-order valence-electron chi connectivity index (χ4n) is 2.04. The van der Waals surface area contributed by atoms with Crippen molar-refractivity contribution in [1.29, 1.82) is 0 Å². The number of ether oxygens (including phenoxy) is 2. The van der Waals surface area contributed by atoms with E-state index < -0.39 is 34.2 Å². The highest BCUT2D eigenvalue weighted by Gasteiger charge is 2.48. The number of hydrogen-bond acceptors (Lipinski definition) is 7. The van der Waals surface area contributed by atoms with Crippen molar-refractivity contribution in [1.82, 2.24) is 0 Å². The summed E-state index contributed by atoms with van der Waals surface area (Å²) in [6, 6.07) is 0. The zero-order chi connectivity index (χ0) is 19.3. The summed E-state index contributed by atoms with van der Waals surface area (Å²) in [5.41, 5.74) is 0. The van der Waals surface area contributed by atoms with Crippen LogP contribution in [0.25, 0.3) is 0 Å². The first-order valence-electron chi connectivity index (χ1n) is 8.43. The predicted octanol–water partition coefficient (Wildman–Crippen LogP) is 2.53. The second kappa shape index (κ2) is 12.5. The molecule has 0 aromatic rings. The lowest BCUT2D eigenvalue weighted by molar-refractivity contribution is -0.167. The van der Waals surface area contributed by atoms with Gasteiger partial charge in [-0.3, -0.25) is 0 Å². The molecular weight excluding hydrogens is 362 g/mol. The van der Waals surface area contributed by atoms with Gasteiger partial charge >= 0.3 is 11.2 Å². The number of rotatable bonds is 15. The molecule has 7 nitrogen and oxygen atoms in total. The first kappa shape index (κ1) is 24.2. The third kappa shape index (κ3) is 10.7. The minimum atomic E-state index is -6.13. The molecule has 0 aliphatic rings. The quantitative estimate of drug-likeness (QED) is 0.198. The summed E-state index contributed by atoms with van der Waals surface area (Å²) >= 11 is 0. The number of aliphatic hydroxyl groups is 1. The Labute approximate surface area is 147 Å². The Morgan fingerprint density at radius 2 is 1.60 bits per heavy atom. The van der Waals surface area contributed by atoms with Crippen LogP contribution in [-0.2, 0) is 24.4 Å². The van der Waals surface area contributed by atoms with Crippen LogP contribution in [0, 0.1) is 0 Å². The lowest BCUT2D eigenvalue weighted by atomic mass is 10.1. The highest BCUT2D eigenvalue weighted by Crippen LogP contribution is 2.21. The average molecular weight is 389 g/mol. The van der Waals surface area contributed by atoms with E-state index in [-0.39, 0.29) is 6.61 Å². The Bertz CT molecular complexity index is 469. The lowest BCUT2D eigenvalue weighted by Crippen LogP contribution is -2.39. The first-order chi connectivity index (χ1) is 11.6. The Kier molecular flexibility index (Phi) is 12.1. The SMILES string of the molecule is CCCCCCCCCC[C@H](O)OCCOC(=O)C(F)(F)S(=O)(=O)[O-]. The van der Waals surface area contributed by atoms with E-state index in [2.05, 4.69) is 11.7 Å². The molecule has 0 aliphatic carbocycles. The normalized spacial score (nSPS) is 13.6. The van der Waals surface area contributed by atoms with Gasteiger partial charge in [-0.15, -0.1) is 0 Å². The third-order valence-corrected chi connectivity index (χ3v) is 4.28. The second-order valence-electron chi connectivity index (χ2n) is 5.70. The monoisotopic (exact) mass is 389 g/mol. The fourth-order valence-corrected chi connectivity index (χ4v) is 2.30. The number of aliphatic hydroxyl groups excluding tert-OH is 1. The van der Waals surface area contributed by atoms with Crippen LogP contribution in [0.1, 0.15) is 64.7 Å². The number of alkyl halides is 2. The highest BCUT2D eigenvalue weighted by molar-refractivity contribution is 7.87. The third-order valence-electron chi connectivity index (χ3n) is 3.48. The zero-order valence-electron chi connectivity index (χ0n) is 14.4. The van der Waals surface area contributed by atoms with Gasteiger partial charge in [-0.05, 0) is 12.8 Å². The van der Waals surface area contributed by atoms with Crippen molar-refractivity contribution in [3.05, 3.63) is 0 Å². The molecule has 0 bridgehead atoms. The van der Waals surface area contributed by atoms with E-state index in [9.17, 15) is 31.7 Å². The molecule has 0 saturated heterocycles. The van der Waals surface area contributed by atoms with Gasteiger partial charge in [0.05, 0.1) is 6.61 Å². The van der Waals surface area contributed by atoms with E-state index in [1.54, 1.807) is 0 Å². The number of halogens is 2. The van der Waals surface area contributed by atoms with Crippen molar-refractivity contribution in [2.45, 2.75) is 76.3 Å². The topological polar surface area (TPSA) is 113 Å². The second-order valence-corrected chi connectivity index (χ2v) is 7.12. The molecule has 0 aliphatic heterocycles. The van der Waals surface area contributed by atoms with E-state index >= 15 is 0 Å². The van der Waals surface area contributed by atoms with Crippen LogP contribution in [0.2, 0.25) is 0 Å². The highest BCUT2D eigenvalue weighted by atomic mass is 32.2. The molecule has 0 spiro atoms. The van der Waals surface area contributed by atoms with Gasteiger partial charge in [-0.1, -0.05) is 51.9 Å². The number of carbonyl (C=O) groups excluding carboxylic acids is 1. The van der Waals surface area contributed by atoms with Gasteiger partial charge in [-0.2, -0.15) is 8.78 Å². The zero-order valence-corrected chi connectivity index (χ0v) is 15.2. The van der Waals surface area contributed by atoms with Crippen LogP contribution in [0.5, 0.6) is 0 Å². The van der Waals surface area contributed by atoms with E-state index in [1.807, 2.05) is 0 Å². The molecule has 0 aromatic heterocycles. The molecule has 0 radical (unpaired) electrons. The largest absolute Gasteiger partial charge is 0.743 e. The van der Waals surface area contributed by atoms with Gasteiger partial charge in [0.15, 0.2) is 16.4 Å². The molecule has 150 valence electrons. The molecule has 0 unspecified atom stereocenters. The molecule has 0 aromatic carbocycles. The molecule has 0 amide bonds. The van der Waals surface area contributed by atoms with Gasteiger partial charge in [0.1, 0.15) is 6.61 Å². The molecule has 10 heteroatoms. The minimum absolute atomic E-state index is 0.355. The van der Waals surface area contributed by atoms with Crippen LogP contribution in [0.3, 0.4) is 0 Å². The molecule has 1 atom stereocenters. The summed E-state index contributed by atoms with van der Waals surface area (Å²) in [6.07, 6.45) is 7.98. The molecule has 25 heavy (non-hydrogen) atoms. The number of unbranched alkanes of at least 4 members (excludes halogenated alkanes) is 7. The molecule has 1 N–H and O–H groups in total. The van der Waals surface area contributed by atoms with E-state index in [4.69, 9.17) is 4.74 Å². The Morgan fingerprint density at radius 3 is 2.12 bits per heavy atom. The van der Waals surface area contributed by atoms with Crippen molar-refractivity contribution in [3.63, 3.8) is 0 Å². The number of hydrogen-bond donors (Lipinski definition) is 1. The van der Waals surface area contributed by atoms with Crippen LogP contribution in [0.15, 0.2) is 0 Å². The van der Waals surface area contributed by atoms with Crippen molar-refractivity contribution in [2.24, 2.45) is 0 Å². The molecule has 0 rings (SSSR count). The van der Waals surface area contributed by atoms with E-state index in [0.29, 0.717) is 6.42 Å². The maximum atomic E-state index is 12.8. The molecule has 0 saturated carbocycles. The Hall–Kier alpha value is -0.840. The van der Waals surface area contributed by atoms with Crippen LogP contribution in [0.4, 0.5) is 8.78 Å². The first-order valence-corrected chi connectivity index (χ1v) is 9.84. The number of carbonyl (C=O) groups is 1. The van der Waals surface area contributed by atoms with Crippen LogP contribution < -0.4 is 0 Å².